The van der Waals surface area contributed by atoms with Crippen LogP contribution in [0.5, 0.6) is 0 Å². The minimum atomic E-state index is -4.70. The Bertz CT molecular complexity index is 995. The van der Waals surface area contributed by atoms with Crippen LogP contribution in [0.3, 0.4) is 0 Å². The van der Waals surface area contributed by atoms with Crippen LogP contribution < -0.4 is 20.9 Å². The van der Waals surface area contributed by atoms with E-state index in [1.54, 1.807) is 13.1 Å². The molecule has 2 aromatic carbocycles. The molecule has 0 fully saturated rings. The highest BCUT2D eigenvalue weighted by molar-refractivity contribution is 7.92. The summed E-state index contributed by atoms with van der Waals surface area (Å²) in [6, 6.07) is 9.87. The van der Waals surface area contributed by atoms with Gasteiger partial charge in [0.25, 0.3) is 10.0 Å². The van der Waals surface area contributed by atoms with Gasteiger partial charge in [0.05, 0.1) is 34.1 Å². The second-order valence-electron chi connectivity index (χ2n) is 6.09. The highest BCUT2D eigenvalue weighted by Gasteiger charge is 2.34. The number of rotatable bonds is 9. The van der Waals surface area contributed by atoms with Crippen LogP contribution in [0.1, 0.15) is 12.5 Å². The molecule has 30 heavy (non-hydrogen) atoms. The largest absolute Gasteiger partial charge is 0.418 e. The summed E-state index contributed by atoms with van der Waals surface area (Å²) in [7, 11) is -2.61. The number of alkyl halides is 3. The molecule has 7 nitrogen and oxygen atoms in total. The van der Waals surface area contributed by atoms with E-state index in [-0.39, 0.29) is 11.5 Å². The Morgan fingerprint density at radius 1 is 1.20 bits per heavy atom. The summed E-state index contributed by atoms with van der Waals surface area (Å²) in [4.78, 5) is -0.239. The molecule has 11 heteroatoms. The zero-order valence-corrected chi connectivity index (χ0v) is 17.2. The Labute approximate surface area is 173 Å². The quantitative estimate of drug-likeness (QED) is 0.406. The molecule has 0 aliphatic rings. The van der Waals surface area contributed by atoms with Crippen LogP contribution >= 0.6 is 0 Å². The van der Waals surface area contributed by atoms with Gasteiger partial charge in [0, 0.05) is 19.9 Å². The molecule has 2 rings (SSSR count). The zero-order chi connectivity index (χ0) is 22.4. The number of para-hydroxylation sites is 1. The minimum Gasteiger partial charge on any atom is -0.388 e. The maximum absolute atomic E-state index is 13.2. The molecule has 0 aliphatic carbocycles. The smallest absolute Gasteiger partial charge is 0.388 e. The van der Waals surface area contributed by atoms with Gasteiger partial charge in [0.1, 0.15) is 0 Å². The number of halogens is 3. The van der Waals surface area contributed by atoms with E-state index in [1.807, 2.05) is 11.6 Å². The lowest BCUT2D eigenvalue weighted by Crippen LogP contribution is -2.28. The molecule has 0 amide bonds. The maximum atomic E-state index is 13.2. The van der Waals surface area contributed by atoms with Crippen molar-refractivity contribution in [3.63, 3.8) is 0 Å². The van der Waals surface area contributed by atoms with Crippen LogP contribution in [0.25, 0.3) is 0 Å². The van der Waals surface area contributed by atoms with Crippen LogP contribution in [0.4, 0.5) is 24.5 Å². The summed E-state index contributed by atoms with van der Waals surface area (Å²) in [5, 5.41) is 4.10. The average molecular weight is 444 g/mol. The fourth-order valence-electron chi connectivity index (χ4n) is 2.46. The van der Waals surface area contributed by atoms with E-state index in [1.165, 1.54) is 41.5 Å². The molecule has 0 atom stereocenters. The number of nitrogens with one attached hydrogen (secondary N) is 2. The molecule has 0 spiro atoms. The number of likely N-dealkylation sites (N-methyl/N-ethyl adjacent to an activating group) is 1. The molecule has 0 saturated heterocycles. The van der Waals surface area contributed by atoms with Gasteiger partial charge < -0.3 is 10.1 Å². The fourth-order valence-corrected chi connectivity index (χ4v) is 3.58. The van der Waals surface area contributed by atoms with Gasteiger partial charge in [-0.3, -0.25) is 9.73 Å². The predicted octanol–water partition coefficient (Wildman–Crippen LogP) is 3.28. The number of benzene rings is 2. The molecule has 0 radical (unpaired) electrons. The van der Waals surface area contributed by atoms with Crippen molar-refractivity contribution < 1.29 is 26.3 Å². The Morgan fingerprint density at radius 3 is 2.53 bits per heavy atom. The summed E-state index contributed by atoms with van der Waals surface area (Å²) in [6.45, 7) is 2.61. The van der Waals surface area contributed by atoms with Gasteiger partial charge in [-0.1, -0.05) is 18.2 Å². The van der Waals surface area contributed by atoms with Crippen molar-refractivity contribution in [2.24, 2.45) is 5.84 Å². The van der Waals surface area contributed by atoms with E-state index in [4.69, 9.17) is 10.6 Å². The predicted molar refractivity (Wildman–Crippen MR) is 109 cm³/mol. The van der Waals surface area contributed by atoms with Crippen molar-refractivity contribution >= 4 is 21.4 Å². The van der Waals surface area contributed by atoms with Crippen molar-refractivity contribution in [1.82, 2.24) is 5.32 Å². The molecule has 2 aromatic rings. The Balaban J connectivity index is 2.32. The molecule has 0 aromatic heterocycles. The molecule has 0 bridgehead atoms. The van der Waals surface area contributed by atoms with Gasteiger partial charge in [0.2, 0.25) is 0 Å². The lowest BCUT2D eigenvalue weighted by molar-refractivity contribution is -0.136. The standard InChI is InChI=1S/C19H23F3N4O3S/c1-3-29-13-14(24-2)12-26(23)15-7-6-8-16(11-15)30(27,28)25-18-10-5-4-9-17(18)19(20,21)22/h4-12,24-25H,3,13,23H2,1-2H3/b14-12-. The molecule has 0 unspecified atom stereocenters. The van der Waals surface area contributed by atoms with Gasteiger partial charge in [-0.2, -0.15) is 13.2 Å². The Kier molecular flexibility index (Phi) is 7.71. The van der Waals surface area contributed by atoms with Crippen LogP contribution in [0.15, 0.2) is 65.3 Å². The number of ether oxygens (including phenoxy) is 1. The van der Waals surface area contributed by atoms with Crippen molar-refractivity contribution in [3.8, 4) is 0 Å². The maximum Gasteiger partial charge on any atom is 0.418 e. The molecular formula is C19H23F3N4O3S. The summed E-state index contributed by atoms with van der Waals surface area (Å²) < 4.78 is 72.2. The molecular weight excluding hydrogens is 421 g/mol. The van der Waals surface area contributed by atoms with Gasteiger partial charge in [0.15, 0.2) is 0 Å². The fraction of sp³-hybridized carbons (Fsp3) is 0.263. The third-order valence-electron chi connectivity index (χ3n) is 3.98. The topological polar surface area (TPSA) is 96.7 Å². The van der Waals surface area contributed by atoms with Crippen molar-refractivity contribution in [3.05, 3.63) is 66.0 Å². The number of anilines is 2. The summed E-state index contributed by atoms with van der Waals surface area (Å²) >= 11 is 0. The van der Waals surface area contributed by atoms with Crippen LogP contribution in [0.2, 0.25) is 0 Å². The first kappa shape index (κ1) is 23.5. The van der Waals surface area contributed by atoms with Crippen molar-refractivity contribution in [2.75, 3.05) is 30.0 Å². The van der Waals surface area contributed by atoms with Crippen LogP contribution in [-0.4, -0.2) is 28.7 Å². The highest BCUT2D eigenvalue weighted by atomic mass is 32.2. The van der Waals surface area contributed by atoms with E-state index in [0.717, 1.165) is 12.1 Å². The van der Waals surface area contributed by atoms with Crippen LogP contribution in [-0.2, 0) is 20.9 Å². The third kappa shape index (κ3) is 6.12. The van der Waals surface area contributed by atoms with Gasteiger partial charge in [-0.05, 0) is 37.3 Å². The monoisotopic (exact) mass is 444 g/mol. The Hall–Kier alpha value is -2.76. The first-order chi connectivity index (χ1) is 14.1. The summed E-state index contributed by atoms with van der Waals surface area (Å²) in [5.74, 6) is 5.99. The SMILES string of the molecule is CCOC/C(=C/N(N)c1cccc(S(=O)(=O)Nc2ccccc2C(F)(F)F)c1)NC. The van der Waals surface area contributed by atoms with Gasteiger partial charge in [-0.15, -0.1) is 0 Å². The first-order valence-electron chi connectivity index (χ1n) is 8.87. The molecule has 0 heterocycles. The van der Waals surface area contributed by atoms with Gasteiger partial charge >= 0.3 is 6.18 Å². The minimum absolute atomic E-state index is 0.239. The lowest BCUT2D eigenvalue weighted by Gasteiger charge is -2.18. The van der Waals surface area contributed by atoms with E-state index in [9.17, 15) is 21.6 Å². The Morgan fingerprint density at radius 2 is 1.90 bits per heavy atom. The lowest BCUT2D eigenvalue weighted by atomic mass is 10.2. The molecule has 0 saturated carbocycles. The zero-order valence-electron chi connectivity index (χ0n) is 16.4. The second kappa shape index (κ2) is 9.83. The molecule has 0 aliphatic heterocycles. The normalized spacial score (nSPS) is 12.5. The number of sulfonamides is 1. The summed E-state index contributed by atoms with van der Waals surface area (Å²) in [5.41, 5.74) is -0.687. The van der Waals surface area contributed by atoms with Crippen LogP contribution in [0, 0.1) is 0 Å². The average Bonchev–Trinajstić information content (AvgIpc) is 2.70. The third-order valence-corrected chi connectivity index (χ3v) is 5.34. The van der Waals surface area contributed by atoms with E-state index in [2.05, 4.69) is 5.32 Å². The number of hydrazine groups is 1. The van der Waals surface area contributed by atoms with Crippen molar-refractivity contribution in [1.29, 1.82) is 0 Å². The van der Waals surface area contributed by atoms with Gasteiger partial charge in [-0.25, -0.2) is 14.3 Å². The molecule has 164 valence electrons. The second-order valence-corrected chi connectivity index (χ2v) is 7.78. The van der Waals surface area contributed by atoms with E-state index >= 15 is 0 Å². The van der Waals surface area contributed by atoms with E-state index < -0.39 is 27.5 Å². The first-order valence-corrected chi connectivity index (χ1v) is 10.4. The van der Waals surface area contributed by atoms with E-state index in [0.29, 0.717) is 18.0 Å². The number of nitrogens with two attached hydrogens (primary N) is 1. The summed E-state index contributed by atoms with van der Waals surface area (Å²) in [6.07, 6.45) is -3.18. The molecule has 4 N–H and O–H groups in total. The van der Waals surface area contributed by atoms with Crippen molar-refractivity contribution in [2.45, 2.75) is 18.0 Å². The highest BCUT2D eigenvalue weighted by Crippen LogP contribution is 2.35. The number of hydrogen-bond acceptors (Lipinski definition) is 6. The number of nitrogens with zero attached hydrogens (tertiary/aromatic N) is 1. The number of hydrogen-bond donors (Lipinski definition) is 3.